The van der Waals surface area contributed by atoms with Crippen molar-refractivity contribution in [2.75, 3.05) is 0 Å². The molecule has 0 spiro atoms. The number of benzene rings is 1. The van der Waals surface area contributed by atoms with Crippen LogP contribution in [-0.4, -0.2) is 5.97 Å². The second kappa shape index (κ2) is 13.6. The van der Waals surface area contributed by atoms with Gasteiger partial charge >= 0.3 is 5.97 Å². The van der Waals surface area contributed by atoms with Crippen LogP contribution in [0.5, 0.6) is 5.75 Å². The maximum absolute atomic E-state index is 12.3. The van der Waals surface area contributed by atoms with E-state index in [4.69, 9.17) is 4.74 Å². The van der Waals surface area contributed by atoms with Crippen molar-refractivity contribution in [1.82, 2.24) is 0 Å². The number of esters is 1. The normalized spacial score (nSPS) is 17.8. The number of rotatable bonds is 13. The number of para-hydroxylation sites is 1. The molecule has 2 rings (SSSR count). The lowest BCUT2D eigenvalue weighted by Gasteiger charge is -2.27. The molecule has 1 aliphatic carbocycles. The zero-order valence-corrected chi connectivity index (χ0v) is 18.1. The minimum Gasteiger partial charge on any atom is -0.427 e. The van der Waals surface area contributed by atoms with E-state index in [1.54, 1.807) is 5.57 Å². The van der Waals surface area contributed by atoms with Crippen LogP contribution in [0.1, 0.15) is 97.3 Å². The van der Waals surface area contributed by atoms with Gasteiger partial charge in [-0.3, -0.25) is 4.79 Å². The molecule has 0 saturated carbocycles. The van der Waals surface area contributed by atoms with Crippen LogP contribution in [0.15, 0.2) is 42.0 Å². The Bertz CT molecular complexity index is 575. The van der Waals surface area contributed by atoms with Crippen molar-refractivity contribution in [1.29, 1.82) is 0 Å². The van der Waals surface area contributed by atoms with Crippen molar-refractivity contribution in [2.45, 2.75) is 97.3 Å². The van der Waals surface area contributed by atoms with Gasteiger partial charge in [-0.2, -0.15) is 0 Å². The Balaban J connectivity index is 1.80. The zero-order chi connectivity index (χ0) is 20.0. The molecule has 2 heteroatoms. The average Bonchev–Trinajstić information content (AvgIpc) is 2.73. The Morgan fingerprint density at radius 3 is 2.50 bits per heavy atom. The molecule has 1 aromatic rings. The summed E-state index contributed by atoms with van der Waals surface area (Å²) in [5, 5.41) is 0. The fraction of sp³-hybridized carbons (Fsp3) is 0.654. The van der Waals surface area contributed by atoms with E-state index in [1.807, 2.05) is 30.3 Å². The van der Waals surface area contributed by atoms with Gasteiger partial charge in [0.15, 0.2) is 0 Å². The second-order valence-electron chi connectivity index (χ2n) is 8.43. The van der Waals surface area contributed by atoms with Crippen molar-refractivity contribution in [3.8, 4) is 5.75 Å². The Kier molecular flexibility index (Phi) is 11.0. The largest absolute Gasteiger partial charge is 0.427 e. The Labute approximate surface area is 172 Å². The average molecular weight is 385 g/mol. The molecular weight excluding hydrogens is 344 g/mol. The fourth-order valence-electron chi connectivity index (χ4n) is 4.33. The summed E-state index contributed by atoms with van der Waals surface area (Å²) in [5.41, 5.74) is 1.62. The van der Waals surface area contributed by atoms with Gasteiger partial charge < -0.3 is 4.74 Å². The molecule has 0 bridgehead atoms. The van der Waals surface area contributed by atoms with Gasteiger partial charge in [0.25, 0.3) is 0 Å². The number of carbonyl (C=O) groups is 1. The van der Waals surface area contributed by atoms with Crippen LogP contribution in [-0.2, 0) is 4.79 Å². The Morgan fingerprint density at radius 1 is 1.04 bits per heavy atom. The summed E-state index contributed by atoms with van der Waals surface area (Å²) in [6.45, 7) is 4.53. The summed E-state index contributed by atoms with van der Waals surface area (Å²) < 4.78 is 5.48. The molecule has 2 unspecified atom stereocenters. The smallest absolute Gasteiger partial charge is 0.311 e. The van der Waals surface area contributed by atoms with Crippen LogP contribution in [0.4, 0.5) is 0 Å². The monoisotopic (exact) mass is 384 g/mol. The number of unbranched alkanes of at least 4 members (excludes halogenated alkanes) is 4. The SMILES string of the molecule is CCCCCCC1CC=C(C(CCCC)CCC(=O)Oc2ccccc2)CC1. The summed E-state index contributed by atoms with van der Waals surface area (Å²) in [6, 6.07) is 9.43. The minimum absolute atomic E-state index is 0.0992. The van der Waals surface area contributed by atoms with E-state index < -0.39 is 0 Å². The minimum atomic E-state index is -0.0992. The van der Waals surface area contributed by atoms with E-state index in [1.165, 1.54) is 70.6 Å². The molecule has 0 N–H and O–H groups in total. The van der Waals surface area contributed by atoms with Crippen LogP contribution >= 0.6 is 0 Å². The van der Waals surface area contributed by atoms with Crippen molar-refractivity contribution in [2.24, 2.45) is 11.8 Å². The third kappa shape index (κ3) is 8.63. The first-order valence-electron chi connectivity index (χ1n) is 11.7. The van der Waals surface area contributed by atoms with Crippen molar-refractivity contribution >= 4 is 5.97 Å². The molecule has 0 amide bonds. The van der Waals surface area contributed by atoms with Crippen molar-refractivity contribution < 1.29 is 9.53 Å². The van der Waals surface area contributed by atoms with Gasteiger partial charge in [-0.1, -0.05) is 88.6 Å². The summed E-state index contributed by atoms with van der Waals surface area (Å²) in [5.74, 6) is 2.00. The molecule has 0 aromatic heterocycles. The second-order valence-corrected chi connectivity index (χ2v) is 8.43. The molecule has 1 aromatic carbocycles. The molecule has 0 aliphatic heterocycles. The molecule has 0 heterocycles. The first-order valence-corrected chi connectivity index (χ1v) is 11.7. The van der Waals surface area contributed by atoms with Gasteiger partial charge in [0, 0.05) is 6.42 Å². The van der Waals surface area contributed by atoms with Crippen LogP contribution in [0.25, 0.3) is 0 Å². The maximum atomic E-state index is 12.3. The third-order valence-electron chi connectivity index (χ3n) is 6.12. The van der Waals surface area contributed by atoms with Crippen molar-refractivity contribution in [3.05, 3.63) is 42.0 Å². The summed E-state index contributed by atoms with van der Waals surface area (Å²) in [4.78, 5) is 12.3. The number of hydrogen-bond acceptors (Lipinski definition) is 2. The molecule has 1 aliphatic rings. The van der Waals surface area contributed by atoms with E-state index >= 15 is 0 Å². The summed E-state index contributed by atoms with van der Waals surface area (Å²) in [6.07, 6.45) is 18.4. The van der Waals surface area contributed by atoms with Gasteiger partial charge in [0.2, 0.25) is 0 Å². The van der Waals surface area contributed by atoms with Crippen LogP contribution < -0.4 is 4.74 Å². The molecule has 0 saturated heterocycles. The highest BCUT2D eigenvalue weighted by Gasteiger charge is 2.21. The lowest BCUT2D eigenvalue weighted by Crippen LogP contribution is -2.15. The van der Waals surface area contributed by atoms with E-state index in [9.17, 15) is 4.79 Å². The highest BCUT2D eigenvalue weighted by atomic mass is 16.5. The van der Waals surface area contributed by atoms with E-state index in [-0.39, 0.29) is 5.97 Å². The number of hydrogen-bond donors (Lipinski definition) is 0. The van der Waals surface area contributed by atoms with Gasteiger partial charge in [0.05, 0.1) is 0 Å². The number of ether oxygens (including phenoxy) is 1. The van der Waals surface area contributed by atoms with E-state index in [0.717, 1.165) is 12.3 Å². The summed E-state index contributed by atoms with van der Waals surface area (Å²) >= 11 is 0. The third-order valence-corrected chi connectivity index (χ3v) is 6.12. The lowest BCUT2D eigenvalue weighted by molar-refractivity contribution is -0.134. The van der Waals surface area contributed by atoms with Gasteiger partial charge in [-0.05, 0) is 56.1 Å². The van der Waals surface area contributed by atoms with Crippen LogP contribution in [0.2, 0.25) is 0 Å². The predicted molar refractivity (Wildman–Crippen MR) is 119 cm³/mol. The van der Waals surface area contributed by atoms with Gasteiger partial charge in [-0.15, -0.1) is 0 Å². The highest BCUT2D eigenvalue weighted by Crippen LogP contribution is 2.35. The van der Waals surface area contributed by atoms with Crippen LogP contribution in [0.3, 0.4) is 0 Å². The van der Waals surface area contributed by atoms with E-state index in [0.29, 0.717) is 18.1 Å². The molecule has 2 atom stereocenters. The number of carbonyl (C=O) groups excluding carboxylic acids is 1. The topological polar surface area (TPSA) is 26.3 Å². The van der Waals surface area contributed by atoms with Crippen molar-refractivity contribution in [3.63, 3.8) is 0 Å². The fourth-order valence-corrected chi connectivity index (χ4v) is 4.33. The van der Waals surface area contributed by atoms with E-state index in [2.05, 4.69) is 19.9 Å². The maximum Gasteiger partial charge on any atom is 0.311 e. The standard InChI is InChI=1S/C26H40O2/c1-3-5-7-9-12-22-16-18-24(19-17-22)23(13-6-4-2)20-21-26(27)28-25-14-10-8-11-15-25/h8,10-11,14-15,18,22-23H,3-7,9,12-13,16-17,19-21H2,1-2H3. The zero-order valence-electron chi connectivity index (χ0n) is 18.1. The van der Waals surface area contributed by atoms with Crippen LogP contribution in [0, 0.1) is 11.8 Å². The van der Waals surface area contributed by atoms with Gasteiger partial charge in [0.1, 0.15) is 5.75 Å². The highest BCUT2D eigenvalue weighted by molar-refractivity contribution is 5.72. The first kappa shape index (κ1) is 22.7. The number of allylic oxidation sites excluding steroid dienone is 2. The molecule has 0 fully saturated rings. The molecule has 156 valence electrons. The van der Waals surface area contributed by atoms with Gasteiger partial charge in [-0.25, -0.2) is 0 Å². The molecule has 2 nitrogen and oxygen atoms in total. The quantitative estimate of drug-likeness (QED) is 0.150. The first-order chi connectivity index (χ1) is 13.7. The Hall–Kier alpha value is -1.57. The molecule has 28 heavy (non-hydrogen) atoms. The lowest BCUT2D eigenvalue weighted by atomic mass is 9.79. The molecular formula is C26H40O2. The summed E-state index contributed by atoms with van der Waals surface area (Å²) in [7, 11) is 0. The molecule has 0 radical (unpaired) electrons. The Morgan fingerprint density at radius 2 is 1.82 bits per heavy atom. The predicted octanol–water partition coefficient (Wildman–Crippen LogP) is 7.88.